The Morgan fingerprint density at radius 1 is 1.29 bits per heavy atom. The summed E-state index contributed by atoms with van der Waals surface area (Å²) in [5, 5.41) is 3.76. The summed E-state index contributed by atoms with van der Waals surface area (Å²) >= 11 is 0. The zero-order valence-electron chi connectivity index (χ0n) is 12.1. The summed E-state index contributed by atoms with van der Waals surface area (Å²) in [4.78, 5) is 2.83. The monoisotopic (exact) mass is 238 g/mol. The van der Waals surface area contributed by atoms with Gasteiger partial charge >= 0.3 is 0 Å². The number of piperazine rings is 1. The fourth-order valence-electron chi connectivity index (χ4n) is 3.39. The zero-order valence-corrected chi connectivity index (χ0v) is 12.1. The fourth-order valence-corrected chi connectivity index (χ4v) is 3.39. The Balaban J connectivity index is 1.97. The van der Waals surface area contributed by atoms with Crippen LogP contribution in [-0.2, 0) is 0 Å². The molecule has 2 nitrogen and oxygen atoms in total. The van der Waals surface area contributed by atoms with Gasteiger partial charge in [0, 0.05) is 30.7 Å². The van der Waals surface area contributed by atoms with Crippen LogP contribution < -0.4 is 5.32 Å². The van der Waals surface area contributed by atoms with Crippen LogP contribution >= 0.6 is 0 Å². The van der Waals surface area contributed by atoms with Crippen molar-refractivity contribution < 1.29 is 0 Å². The van der Waals surface area contributed by atoms with E-state index in [4.69, 9.17) is 0 Å². The Bertz CT molecular complexity index is 253. The first-order valence-electron chi connectivity index (χ1n) is 7.64. The highest BCUT2D eigenvalue weighted by Gasteiger charge is 2.46. The van der Waals surface area contributed by atoms with Crippen molar-refractivity contribution in [3.8, 4) is 0 Å². The van der Waals surface area contributed by atoms with Gasteiger partial charge in [0.05, 0.1) is 0 Å². The lowest BCUT2D eigenvalue weighted by Crippen LogP contribution is -2.63. The molecule has 1 saturated heterocycles. The molecular weight excluding hydrogens is 208 g/mol. The molecule has 4 atom stereocenters. The van der Waals surface area contributed by atoms with E-state index in [9.17, 15) is 0 Å². The molecule has 2 aliphatic rings. The molecule has 1 aliphatic heterocycles. The van der Waals surface area contributed by atoms with Gasteiger partial charge < -0.3 is 5.32 Å². The van der Waals surface area contributed by atoms with Gasteiger partial charge in [-0.2, -0.15) is 0 Å². The van der Waals surface area contributed by atoms with Gasteiger partial charge in [0.15, 0.2) is 0 Å². The van der Waals surface area contributed by atoms with Crippen LogP contribution in [-0.4, -0.2) is 35.6 Å². The molecule has 0 amide bonds. The summed E-state index contributed by atoms with van der Waals surface area (Å²) < 4.78 is 0. The molecule has 1 heterocycles. The van der Waals surface area contributed by atoms with Crippen LogP contribution in [0.2, 0.25) is 0 Å². The molecule has 0 spiro atoms. The minimum atomic E-state index is 0.352. The van der Waals surface area contributed by atoms with Gasteiger partial charge in [-0.15, -0.1) is 0 Å². The molecule has 1 saturated carbocycles. The lowest BCUT2D eigenvalue weighted by molar-refractivity contribution is 0.0699. The van der Waals surface area contributed by atoms with Crippen molar-refractivity contribution >= 4 is 0 Å². The van der Waals surface area contributed by atoms with Crippen molar-refractivity contribution in [1.82, 2.24) is 10.2 Å². The topological polar surface area (TPSA) is 15.3 Å². The van der Waals surface area contributed by atoms with E-state index in [1.165, 1.54) is 45.2 Å². The molecule has 100 valence electrons. The van der Waals surface area contributed by atoms with Crippen LogP contribution in [0.4, 0.5) is 0 Å². The number of nitrogens with one attached hydrogen (secondary N) is 1. The lowest BCUT2D eigenvalue weighted by atomic mass is 9.92. The van der Waals surface area contributed by atoms with E-state index in [-0.39, 0.29) is 0 Å². The molecule has 0 aromatic carbocycles. The van der Waals surface area contributed by atoms with E-state index in [0.717, 1.165) is 18.0 Å². The Kier molecular flexibility index (Phi) is 4.14. The van der Waals surface area contributed by atoms with Crippen molar-refractivity contribution in [1.29, 1.82) is 0 Å². The minimum absolute atomic E-state index is 0.352. The highest BCUT2D eigenvalue weighted by Crippen LogP contribution is 2.42. The van der Waals surface area contributed by atoms with Gasteiger partial charge in [0.25, 0.3) is 0 Å². The predicted octanol–water partition coefficient (Wildman–Crippen LogP) is 3.03. The van der Waals surface area contributed by atoms with Crippen LogP contribution in [0.3, 0.4) is 0 Å². The first-order valence-corrected chi connectivity index (χ1v) is 7.64. The molecule has 2 rings (SSSR count). The van der Waals surface area contributed by atoms with Crippen molar-refractivity contribution in [2.75, 3.05) is 13.1 Å². The Morgan fingerprint density at radius 3 is 2.65 bits per heavy atom. The largest absolute Gasteiger partial charge is 0.309 e. The van der Waals surface area contributed by atoms with Crippen molar-refractivity contribution in [3.63, 3.8) is 0 Å². The van der Waals surface area contributed by atoms with Crippen LogP contribution in [0.5, 0.6) is 0 Å². The van der Waals surface area contributed by atoms with E-state index in [0.29, 0.717) is 5.54 Å². The zero-order chi connectivity index (χ0) is 12.5. The molecule has 4 unspecified atom stereocenters. The molecular formula is C15H30N2. The summed E-state index contributed by atoms with van der Waals surface area (Å²) in [6.45, 7) is 11.8. The Labute approximate surface area is 107 Å². The maximum absolute atomic E-state index is 3.76. The molecule has 0 aromatic rings. The normalized spacial score (nSPS) is 42.7. The highest BCUT2D eigenvalue weighted by atomic mass is 15.3. The second-order valence-electron chi connectivity index (χ2n) is 6.38. The molecule has 1 aliphatic carbocycles. The van der Waals surface area contributed by atoms with Crippen molar-refractivity contribution in [3.05, 3.63) is 0 Å². The summed E-state index contributed by atoms with van der Waals surface area (Å²) in [6.07, 6.45) is 6.79. The van der Waals surface area contributed by atoms with Gasteiger partial charge in [-0.05, 0) is 38.5 Å². The van der Waals surface area contributed by atoms with Gasteiger partial charge in [-0.1, -0.05) is 27.2 Å². The molecule has 17 heavy (non-hydrogen) atoms. The third-order valence-corrected chi connectivity index (χ3v) is 4.99. The van der Waals surface area contributed by atoms with E-state index < -0.39 is 0 Å². The summed E-state index contributed by atoms with van der Waals surface area (Å²) in [6, 6.07) is 1.69. The SMILES string of the molecule is CCCC1CC1N1CC(C)(CC)NCC1CC. The molecule has 2 fully saturated rings. The van der Waals surface area contributed by atoms with Crippen molar-refractivity contribution in [2.24, 2.45) is 5.92 Å². The second-order valence-corrected chi connectivity index (χ2v) is 6.38. The average molecular weight is 238 g/mol. The highest BCUT2D eigenvalue weighted by molar-refractivity contribution is 5.03. The summed E-state index contributed by atoms with van der Waals surface area (Å²) in [7, 11) is 0. The number of rotatable bonds is 5. The number of hydrogen-bond donors (Lipinski definition) is 1. The van der Waals surface area contributed by atoms with Gasteiger partial charge in [-0.3, -0.25) is 4.90 Å². The number of nitrogens with zero attached hydrogens (tertiary/aromatic N) is 1. The standard InChI is InChI=1S/C15H30N2/c1-5-8-12-9-14(12)17-11-15(4,7-3)16-10-13(17)6-2/h12-14,16H,5-11H2,1-4H3. The smallest absolute Gasteiger partial charge is 0.0278 e. The maximum Gasteiger partial charge on any atom is 0.0278 e. The Hall–Kier alpha value is -0.0800. The van der Waals surface area contributed by atoms with Crippen LogP contribution in [0.15, 0.2) is 0 Å². The number of hydrogen-bond acceptors (Lipinski definition) is 2. The molecule has 0 bridgehead atoms. The van der Waals surface area contributed by atoms with E-state index in [1.807, 2.05) is 0 Å². The third kappa shape index (κ3) is 2.85. The van der Waals surface area contributed by atoms with E-state index in [2.05, 4.69) is 37.9 Å². The van der Waals surface area contributed by atoms with Crippen LogP contribution in [0, 0.1) is 5.92 Å². The maximum atomic E-state index is 3.76. The molecule has 0 radical (unpaired) electrons. The first-order chi connectivity index (χ1) is 8.13. The second kappa shape index (κ2) is 5.27. The lowest BCUT2D eigenvalue weighted by Gasteiger charge is -2.46. The summed E-state index contributed by atoms with van der Waals surface area (Å²) in [5.74, 6) is 1.01. The molecule has 0 aromatic heterocycles. The quantitative estimate of drug-likeness (QED) is 0.792. The first kappa shape index (κ1) is 13.4. The minimum Gasteiger partial charge on any atom is -0.309 e. The summed E-state index contributed by atoms with van der Waals surface area (Å²) in [5.41, 5.74) is 0.352. The fraction of sp³-hybridized carbons (Fsp3) is 1.00. The van der Waals surface area contributed by atoms with Gasteiger partial charge in [-0.25, -0.2) is 0 Å². The molecule has 2 heteroatoms. The molecule has 1 N–H and O–H groups in total. The predicted molar refractivity (Wildman–Crippen MR) is 74.3 cm³/mol. The van der Waals surface area contributed by atoms with Gasteiger partial charge in [0.1, 0.15) is 0 Å². The van der Waals surface area contributed by atoms with Crippen LogP contribution in [0.25, 0.3) is 0 Å². The Morgan fingerprint density at radius 2 is 2.06 bits per heavy atom. The van der Waals surface area contributed by atoms with E-state index >= 15 is 0 Å². The van der Waals surface area contributed by atoms with Crippen molar-refractivity contribution in [2.45, 2.75) is 77.4 Å². The van der Waals surface area contributed by atoms with Gasteiger partial charge in [0.2, 0.25) is 0 Å². The third-order valence-electron chi connectivity index (χ3n) is 4.99. The van der Waals surface area contributed by atoms with Crippen LogP contribution in [0.1, 0.15) is 59.8 Å². The average Bonchev–Trinajstić information content (AvgIpc) is 3.09. The van der Waals surface area contributed by atoms with E-state index in [1.54, 1.807) is 0 Å².